The molecule has 0 bridgehead atoms. The number of amides is 2. The van der Waals surface area contributed by atoms with Gasteiger partial charge in [-0.2, -0.15) is 0 Å². The molecular formula is C13H11N3O4S. The molecule has 108 valence electrons. The Kier molecular flexibility index (Phi) is 3.99. The minimum absolute atomic E-state index is 0.0371. The number of likely N-dealkylation sites (N-methyl/N-ethyl adjacent to an activating group) is 1. The number of thiocarbonyl (C=S) groups is 1. The van der Waals surface area contributed by atoms with Crippen LogP contribution in [0, 0.1) is 0 Å². The van der Waals surface area contributed by atoms with Crippen molar-refractivity contribution < 1.29 is 19.5 Å². The van der Waals surface area contributed by atoms with Gasteiger partial charge in [-0.3, -0.25) is 19.8 Å². The maximum atomic E-state index is 11.9. The van der Waals surface area contributed by atoms with Gasteiger partial charge in [-0.25, -0.2) is 4.79 Å². The lowest BCUT2D eigenvalue weighted by Gasteiger charge is -2.24. The van der Waals surface area contributed by atoms with Crippen molar-refractivity contribution in [1.82, 2.24) is 10.2 Å². The predicted molar refractivity (Wildman–Crippen MR) is 78.6 cm³/mol. The van der Waals surface area contributed by atoms with Crippen LogP contribution in [0.1, 0.15) is 10.4 Å². The zero-order chi connectivity index (χ0) is 15.6. The topological polar surface area (TPSA) is 98.7 Å². The van der Waals surface area contributed by atoms with Crippen LogP contribution in [0.3, 0.4) is 0 Å². The number of carbonyl (C=O) groups excluding carboxylic acids is 2. The zero-order valence-corrected chi connectivity index (χ0v) is 11.7. The van der Waals surface area contributed by atoms with E-state index in [0.717, 1.165) is 4.90 Å². The van der Waals surface area contributed by atoms with Crippen LogP contribution < -0.4 is 10.6 Å². The summed E-state index contributed by atoms with van der Waals surface area (Å²) in [5.41, 5.74) is 0.418. The summed E-state index contributed by atoms with van der Waals surface area (Å²) in [6, 6.07) is 5.99. The molecule has 2 rings (SSSR count). The van der Waals surface area contributed by atoms with E-state index in [1.165, 1.54) is 25.4 Å². The molecule has 2 amide bonds. The molecule has 0 spiro atoms. The number of carboxylic acids is 1. The fourth-order valence-electron chi connectivity index (χ4n) is 1.64. The minimum Gasteiger partial charge on any atom is -0.478 e. The predicted octanol–water partition coefficient (Wildman–Crippen LogP) is 0.554. The molecule has 1 aromatic carbocycles. The Morgan fingerprint density at radius 2 is 2.14 bits per heavy atom. The van der Waals surface area contributed by atoms with Crippen LogP contribution in [0.25, 0.3) is 0 Å². The third-order valence-corrected chi connectivity index (χ3v) is 3.17. The van der Waals surface area contributed by atoms with Crippen molar-refractivity contribution in [1.29, 1.82) is 0 Å². The molecule has 1 aliphatic heterocycles. The van der Waals surface area contributed by atoms with E-state index in [1.54, 1.807) is 12.1 Å². The second kappa shape index (κ2) is 5.71. The average Bonchev–Trinajstić information content (AvgIpc) is 2.45. The second-order valence-electron chi connectivity index (χ2n) is 4.21. The van der Waals surface area contributed by atoms with E-state index in [4.69, 9.17) is 17.3 Å². The lowest BCUT2D eigenvalue weighted by atomic mass is 10.2. The fourth-order valence-corrected chi connectivity index (χ4v) is 1.82. The van der Waals surface area contributed by atoms with Crippen molar-refractivity contribution >= 4 is 40.8 Å². The molecule has 7 nitrogen and oxygen atoms in total. The van der Waals surface area contributed by atoms with Crippen LogP contribution in [-0.4, -0.2) is 40.0 Å². The summed E-state index contributed by atoms with van der Waals surface area (Å²) in [6.07, 6.45) is 1.22. The number of nitrogens with one attached hydrogen (secondary N) is 2. The number of hydrogen-bond acceptors (Lipinski definition) is 5. The van der Waals surface area contributed by atoms with Crippen LogP contribution in [0.15, 0.2) is 36.0 Å². The smallest absolute Gasteiger partial charge is 0.335 e. The molecule has 21 heavy (non-hydrogen) atoms. The number of anilines is 1. The van der Waals surface area contributed by atoms with Gasteiger partial charge in [0, 0.05) is 18.9 Å². The largest absolute Gasteiger partial charge is 0.478 e. The summed E-state index contributed by atoms with van der Waals surface area (Å²) in [5.74, 6) is -2.21. The Labute approximate surface area is 125 Å². The normalized spacial score (nSPS) is 16.9. The van der Waals surface area contributed by atoms with Gasteiger partial charge in [-0.15, -0.1) is 0 Å². The summed E-state index contributed by atoms with van der Waals surface area (Å²) in [5, 5.41) is 14.0. The van der Waals surface area contributed by atoms with Gasteiger partial charge in [0.05, 0.1) is 5.56 Å². The van der Waals surface area contributed by atoms with Gasteiger partial charge in [0.1, 0.15) is 5.57 Å². The SMILES string of the molecule is CN1C(=O)/C(=C/Nc2cccc(C(=O)O)c2)C(=O)NC1=S. The number of carboxylic acid groups (broad SMARTS) is 1. The first-order chi connectivity index (χ1) is 9.90. The highest BCUT2D eigenvalue weighted by atomic mass is 32.1. The molecule has 3 N–H and O–H groups in total. The van der Waals surface area contributed by atoms with Crippen molar-refractivity contribution in [3.63, 3.8) is 0 Å². The molecule has 0 aliphatic carbocycles. The maximum absolute atomic E-state index is 11.9. The van der Waals surface area contributed by atoms with E-state index < -0.39 is 17.8 Å². The summed E-state index contributed by atoms with van der Waals surface area (Å²) < 4.78 is 0. The molecular weight excluding hydrogens is 294 g/mol. The zero-order valence-electron chi connectivity index (χ0n) is 10.9. The van der Waals surface area contributed by atoms with Gasteiger partial charge in [0.2, 0.25) is 0 Å². The van der Waals surface area contributed by atoms with Crippen molar-refractivity contribution in [2.24, 2.45) is 0 Å². The highest BCUT2D eigenvalue weighted by molar-refractivity contribution is 7.80. The van der Waals surface area contributed by atoms with Crippen LogP contribution in [-0.2, 0) is 9.59 Å². The summed E-state index contributed by atoms with van der Waals surface area (Å²) >= 11 is 4.82. The van der Waals surface area contributed by atoms with Crippen LogP contribution in [0.4, 0.5) is 5.69 Å². The van der Waals surface area contributed by atoms with E-state index in [1.807, 2.05) is 0 Å². The lowest BCUT2D eigenvalue weighted by molar-refractivity contribution is -0.128. The van der Waals surface area contributed by atoms with E-state index >= 15 is 0 Å². The molecule has 1 heterocycles. The Hall–Kier alpha value is -2.74. The van der Waals surface area contributed by atoms with E-state index in [9.17, 15) is 14.4 Å². The third-order valence-electron chi connectivity index (χ3n) is 2.80. The monoisotopic (exact) mass is 305 g/mol. The van der Waals surface area contributed by atoms with E-state index in [2.05, 4.69) is 10.6 Å². The van der Waals surface area contributed by atoms with Crippen molar-refractivity contribution in [2.75, 3.05) is 12.4 Å². The van der Waals surface area contributed by atoms with Crippen molar-refractivity contribution in [3.8, 4) is 0 Å². The lowest BCUT2D eigenvalue weighted by Crippen LogP contribution is -2.52. The molecule has 1 aliphatic rings. The van der Waals surface area contributed by atoms with Crippen LogP contribution >= 0.6 is 12.2 Å². The molecule has 0 saturated carbocycles. The third kappa shape index (κ3) is 3.06. The minimum atomic E-state index is -1.07. The quantitative estimate of drug-likeness (QED) is 0.428. The second-order valence-corrected chi connectivity index (χ2v) is 4.60. The first-order valence-electron chi connectivity index (χ1n) is 5.83. The number of carbonyl (C=O) groups is 3. The molecule has 1 aromatic rings. The van der Waals surface area contributed by atoms with Gasteiger partial charge in [-0.05, 0) is 30.4 Å². The number of hydrogen-bond donors (Lipinski definition) is 3. The number of benzene rings is 1. The fraction of sp³-hybridized carbons (Fsp3) is 0.0769. The van der Waals surface area contributed by atoms with Gasteiger partial charge in [0.25, 0.3) is 11.8 Å². The molecule has 0 aromatic heterocycles. The Balaban J connectivity index is 2.22. The summed E-state index contributed by atoms with van der Waals surface area (Å²) in [7, 11) is 1.45. The molecule has 8 heteroatoms. The Morgan fingerprint density at radius 1 is 1.43 bits per heavy atom. The first-order valence-corrected chi connectivity index (χ1v) is 6.24. The molecule has 1 fully saturated rings. The van der Waals surface area contributed by atoms with E-state index in [-0.39, 0.29) is 16.2 Å². The Bertz CT molecular complexity index is 684. The van der Waals surface area contributed by atoms with Gasteiger partial charge in [-0.1, -0.05) is 6.07 Å². The van der Waals surface area contributed by atoms with Gasteiger partial charge >= 0.3 is 5.97 Å². The standard InChI is InChI=1S/C13H11N3O4S/c1-16-11(18)9(10(17)15-13(16)21)6-14-8-4-2-3-7(5-8)12(19)20/h2-6,14H,1H3,(H,19,20)(H,15,17,21)/b9-6+. The van der Waals surface area contributed by atoms with E-state index in [0.29, 0.717) is 5.69 Å². The van der Waals surface area contributed by atoms with Crippen LogP contribution in [0.5, 0.6) is 0 Å². The Morgan fingerprint density at radius 3 is 2.81 bits per heavy atom. The molecule has 0 unspecified atom stereocenters. The van der Waals surface area contributed by atoms with Gasteiger partial charge in [0.15, 0.2) is 5.11 Å². The van der Waals surface area contributed by atoms with Gasteiger partial charge < -0.3 is 10.4 Å². The molecule has 1 saturated heterocycles. The highest BCUT2D eigenvalue weighted by Crippen LogP contribution is 2.13. The number of aromatic carboxylic acids is 1. The van der Waals surface area contributed by atoms with Crippen LogP contribution in [0.2, 0.25) is 0 Å². The highest BCUT2D eigenvalue weighted by Gasteiger charge is 2.30. The number of rotatable bonds is 3. The summed E-state index contributed by atoms with van der Waals surface area (Å²) in [6.45, 7) is 0. The summed E-state index contributed by atoms with van der Waals surface area (Å²) in [4.78, 5) is 35.6. The molecule has 0 atom stereocenters. The number of nitrogens with zero attached hydrogens (tertiary/aromatic N) is 1. The average molecular weight is 305 g/mol. The molecule has 0 radical (unpaired) electrons. The van der Waals surface area contributed by atoms with Crippen molar-refractivity contribution in [2.45, 2.75) is 0 Å². The first kappa shape index (κ1) is 14.7. The maximum Gasteiger partial charge on any atom is 0.335 e. The van der Waals surface area contributed by atoms with Crippen molar-refractivity contribution in [3.05, 3.63) is 41.6 Å².